The number of likely N-dealkylation sites (tertiary alicyclic amines) is 1. The van der Waals surface area contributed by atoms with Gasteiger partial charge in [-0.3, -0.25) is 4.90 Å². The third kappa shape index (κ3) is 5.14. The molecule has 1 saturated heterocycles. The van der Waals surface area contributed by atoms with Crippen molar-refractivity contribution in [3.05, 3.63) is 47.3 Å². The Morgan fingerprint density at radius 2 is 1.97 bits per heavy atom. The van der Waals surface area contributed by atoms with Gasteiger partial charge < -0.3 is 15.4 Å². The summed E-state index contributed by atoms with van der Waals surface area (Å²) in [5.41, 5.74) is 10.2. The van der Waals surface area contributed by atoms with E-state index in [2.05, 4.69) is 70.2 Å². The number of unbranched alkanes of at least 4 members (excludes halogenated alkanes) is 1. The summed E-state index contributed by atoms with van der Waals surface area (Å²) in [6.45, 7) is 6.00. The van der Waals surface area contributed by atoms with E-state index in [0.29, 0.717) is 30.1 Å². The average Bonchev–Trinajstić information content (AvgIpc) is 3.38. The van der Waals surface area contributed by atoms with Crippen LogP contribution in [0.3, 0.4) is 0 Å². The number of hydrogen-bond donors (Lipinski definition) is 1. The van der Waals surface area contributed by atoms with E-state index >= 15 is 0 Å². The highest BCUT2D eigenvalue weighted by molar-refractivity contribution is 5.59. The van der Waals surface area contributed by atoms with Crippen LogP contribution in [0.25, 0.3) is 5.65 Å². The van der Waals surface area contributed by atoms with Crippen molar-refractivity contribution in [3.8, 4) is 6.01 Å². The maximum atomic E-state index is 6.07. The summed E-state index contributed by atoms with van der Waals surface area (Å²) < 4.78 is 7.41. The zero-order valence-electron chi connectivity index (χ0n) is 18.8. The number of hydrogen-bond acceptors (Lipinski definition) is 7. The molecule has 8 nitrogen and oxygen atoms in total. The van der Waals surface area contributed by atoms with Gasteiger partial charge in [0, 0.05) is 32.1 Å². The molecule has 0 spiro atoms. The van der Waals surface area contributed by atoms with Crippen LogP contribution in [-0.2, 0) is 13.0 Å². The fourth-order valence-electron chi connectivity index (χ4n) is 4.02. The lowest BCUT2D eigenvalue weighted by Crippen LogP contribution is -2.31. The summed E-state index contributed by atoms with van der Waals surface area (Å²) in [5, 5.41) is 4.50. The molecule has 8 heteroatoms. The first-order valence-electron chi connectivity index (χ1n) is 11.1. The minimum Gasteiger partial charge on any atom is -0.462 e. The van der Waals surface area contributed by atoms with Crippen molar-refractivity contribution < 1.29 is 4.74 Å². The molecule has 0 radical (unpaired) electrons. The topological polar surface area (TPSA) is 84.8 Å². The average molecular weight is 424 g/mol. The molecule has 3 heterocycles. The molecule has 4 rings (SSSR count). The zero-order chi connectivity index (χ0) is 21.8. The maximum Gasteiger partial charge on any atom is 0.336 e. The Balaban J connectivity index is 1.43. The maximum absolute atomic E-state index is 6.07. The van der Waals surface area contributed by atoms with E-state index in [-0.39, 0.29) is 0 Å². The fourth-order valence-corrected chi connectivity index (χ4v) is 4.02. The molecular weight excluding hydrogens is 390 g/mol. The molecule has 0 amide bonds. The number of nitrogens with zero attached hydrogens (tertiary/aromatic N) is 6. The van der Waals surface area contributed by atoms with Crippen molar-refractivity contribution in [1.29, 1.82) is 0 Å². The van der Waals surface area contributed by atoms with Crippen molar-refractivity contribution in [1.82, 2.24) is 29.4 Å². The first-order valence-corrected chi connectivity index (χ1v) is 11.1. The molecule has 0 saturated carbocycles. The van der Waals surface area contributed by atoms with E-state index in [0.717, 1.165) is 44.6 Å². The summed E-state index contributed by atoms with van der Waals surface area (Å²) in [7, 11) is 4.34. The quantitative estimate of drug-likeness (QED) is 0.530. The summed E-state index contributed by atoms with van der Waals surface area (Å²) in [5.74, 6) is 0.338. The van der Waals surface area contributed by atoms with Gasteiger partial charge in [0.2, 0.25) is 0 Å². The highest BCUT2D eigenvalue weighted by atomic mass is 16.5. The van der Waals surface area contributed by atoms with Crippen molar-refractivity contribution in [2.45, 2.75) is 45.2 Å². The normalized spacial score (nSPS) is 17.1. The number of nitrogen functional groups attached to an aromatic ring is 1. The van der Waals surface area contributed by atoms with Gasteiger partial charge in [0.1, 0.15) is 0 Å². The Kier molecular flexibility index (Phi) is 6.67. The number of aromatic nitrogens is 4. The van der Waals surface area contributed by atoms with Gasteiger partial charge in [0.15, 0.2) is 11.5 Å². The zero-order valence-corrected chi connectivity index (χ0v) is 18.8. The van der Waals surface area contributed by atoms with Gasteiger partial charge in [-0.05, 0) is 38.1 Å². The van der Waals surface area contributed by atoms with Crippen LogP contribution in [0, 0.1) is 0 Å². The molecular formula is C23H33N7O. The minimum absolute atomic E-state index is 0.301. The van der Waals surface area contributed by atoms with Crippen molar-refractivity contribution in [2.24, 2.45) is 0 Å². The molecule has 3 aromatic rings. The van der Waals surface area contributed by atoms with Crippen molar-refractivity contribution in [3.63, 3.8) is 0 Å². The first-order chi connectivity index (χ1) is 15.0. The molecule has 1 aliphatic rings. The number of rotatable bonds is 9. The van der Waals surface area contributed by atoms with E-state index in [1.807, 2.05) is 6.20 Å². The van der Waals surface area contributed by atoms with Gasteiger partial charge in [-0.2, -0.15) is 4.98 Å². The largest absolute Gasteiger partial charge is 0.462 e. The Morgan fingerprint density at radius 3 is 2.68 bits per heavy atom. The molecule has 1 aromatic carbocycles. The third-order valence-corrected chi connectivity index (χ3v) is 5.96. The lowest BCUT2D eigenvalue weighted by Gasteiger charge is -2.20. The summed E-state index contributed by atoms with van der Waals surface area (Å²) in [6, 6.07) is 9.80. The number of nitrogens with two attached hydrogens (primary N) is 1. The predicted molar refractivity (Wildman–Crippen MR) is 122 cm³/mol. The Morgan fingerprint density at radius 1 is 1.19 bits per heavy atom. The van der Waals surface area contributed by atoms with Gasteiger partial charge in [0.25, 0.3) is 0 Å². The van der Waals surface area contributed by atoms with Crippen LogP contribution in [0.15, 0.2) is 30.5 Å². The van der Waals surface area contributed by atoms with E-state index in [9.17, 15) is 0 Å². The lowest BCUT2D eigenvalue weighted by molar-refractivity contribution is 0.264. The van der Waals surface area contributed by atoms with E-state index in [4.69, 9.17) is 10.5 Å². The summed E-state index contributed by atoms with van der Waals surface area (Å²) in [4.78, 5) is 13.5. The molecule has 166 valence electrons. The van der Waals surface area contributed by atoms with Crippen LogP contribution in [0.1, 0.15) is 43.0 Å². The lowest BCUT2D eigenvalue weighted by atomic mass is 10.1. The number of likely N-dealkylation sites (N-methyl/N-ethyl adjacent to an activating group) is 1. The monoisotopic (exact) mass is 423 g/mol. The molecule has 2 aromatic heterocycles. The minimum atomic E-state index is 0.301. The smallest absolute Gasteiger partial charge is 0.336 e. The molecule has 0 aliphatic carbocycles. The van der Waals surface area contributed by atoms with Crippen LogP contribution in [0.5, 0.6) is 6.01 Å². The second-order valence-corrected chi connectivity index (χ2v) is 8.60. The van der Waals surface area contributed by atoms with E-state index in [1.165, 1.54) is 17.5 Å². The van der Waals surface area contributed by atoms with Crippen LogP contribution >= 0.6 is 0 Å². The van der Waals surface area contributed by atoms with Crippen molar-refractivity contribution >= 4 is 11.5 Å². The first kappa shape index (κ1) is 21.5. The van der Waals surface area contributed by atoms with E-state index < -0.39 is 0 Å². The molecule has 1 fully saturated rings. The highest BCUT2D eigenvalue weighted by Gasteiger charge is 2.23. The Labute approximate surface area is 184 Å². The molecule has 1 atom stereocenters. The third-order valence-electron chi connectivity index (χ3n) is 5.96. The Hall–Kier alpha value is -2.71. The molecule has 1 unspecified atom stereocenters. The van der Waals surface area contributed by atoms with Crippen LogP contribution in [-0.4, -0.2) is 69.2 Å². The molecule has 31 heavy (non-hydrogen) atoms. The number of anilines is 1. The van der Waals surface area contributed by atoms with Gasteiger partial charge >= 0.3 is 6.01 Å². The van der Waals surface area contributed by atoms with Crippen LogP contribution < -0.4 is 10.5 Å². The number of ether oxygens (including phenoxy) is 1. The second-order valence-electron chi connectivity index (χ2n) is 8.60. The van der Waals surface area contributed by atoms with Crippen molar-refractivity contribution in [2.75, 3.05) is 39.5 Å². The number of imidazole rings is 1. The number of benzene rings is 1. The van der Waals surface area contributed by atoms with Gasteiger partial charge in [-0.1, -0.05) is 37.6 Å². The second kappa shape index (κ2) is 9.62. The fraction of sp³-hybridized carbons (Fsp3) is 0.522. The SMILES string of the molecule is CCCCOc1nc(N)c2ncc(Cc3ccc(CN4CCC(N(C)C)C4)cc3)n2n1. The molecule has 0 bridgehead atoms. The molecule has 2 N–H and O–H groups in total. The van der Waals surface area contributed by atoms with Gasteiger partial charge in [-0.25, -0.2) is 9.50 Å². The predicted octanol–water partition coefficient (Wildman–Crippen LogP) is 2.61. The van der Waals surface area contributed by atoms with Gasteiger partial charge in [-0.15, -0.1) is 5.10 Å². The summed E-state index contributed by atoms with van der Waals surface area (Å²) >= 11 is 0. The van der Waals surface area contributed by atoms with Crippen LogP contribution in [0.2, 0.25) is 0 Å². The highest BCUT2D eigenvalue weighted by Crippen LogP contribution is 2.19. The summed E-state index contributed by atoms with van der Waals surface area (Å²) in [6.07, 6.45) is 5.79. The number of fused-ring (bicyclic) bond motifs is 1. The van der Waals surface area contributed by atoms with E-state index in [1.54, 1.807) is 4.52 Å². The van der Waals surface area contributed by atoms with Gasteiger partial charge in [0.05, 0.1) is 18.5 Å². The molecule has 1 aliphatic heterocycles. The Bertz CT molecular complexity index is 999. The van der Waals surface area contributed by atoms with Crippen LogP contribution in [0.4, 0.5) is 5.82 Å². The standard InChI is InChI=1S/C23H33N7O/c1-4-5-12-31-23-26-21(24)22-25-14-20(30(22)27-23)13-17-6-8-18(9-7-17)15-29-11-10-19(16-29)28(2)3/h6-9,14,19H,4-5,10-13,15-16H2,1-3H3,(H2,24,26,27).